The van der Waals surface area contributed by atoms with Crippen molar-refractivity contribution in [1.82, 2.24) is 24.5 Å². The van der Waals surface area contributed by atoms with Crippen LogP contribution in [0.4, 0.5) is 0 Å². The molecule has 12 aromatic rings. The van der Waals surface area contributed by atoms with Crippen molar-refractivity contribution in [3.63, 3.8) is 0 Å². The summed E-state index contributed by atoms with van der Waals surface area (Å²) < 4.78 is 4.73. The number of fused-ring (bicyclic) bond motifs is 11. The molecule has 0 aliphatic rings. The summed E-state index contributed by atoms with van der Waals surface area (Å²) in [5.74, 6) is 1.54. The van der Waals surface area contributed by atoms with E-state index >= 15 is 0 Å². The van der Waals surface area contributed by atoms with Crippen molar-refractivity contribution in [3.05, 3.63) is 176 Å². The number of para-hydroxylation sites is 1. The lowest BCUT2D eigenvalue weighted by molar-refractivity contribution is 1.08. The summed E-state index contributed by atoms with van der Waals surface area (Å²) in [7, 11) is 0. The van der Waals surface area contributed by atoms with Crippen LogP contribution in [0.15, 0.2) is 176 Å². The third-order valence-electron chi connectivity index (χ3n) is 11.1. The molecule has 7 aromatic carbocycles. The maximum atomic E-state index is 5.40. The first kappa shape index (κ1) is 31.1. The van der Waals surface area contributed by atoms with Gasteiger partial charge >= 0.3 is 0 Å². The highest BCUT2D eigenvalue weighted by atomic mass is 32.1. The minimum absolute atomic E-state index is 0.651. The normalized spacial score (nSPS) is 11.9. The molecular formula is C50H29N5S. The van der Waals surface area contributed by atoms with Crippen LogP contribution in [0.1, 0.15) is 0 Å². The van der Waals surface area contributed by atoms with Crippen molar-refractivity contribution in [2.24, 2.45) is 0 Å². The van der Waals surface area contributed by atoms with E-state index in [2.05, 4.69) is 156 Å². The van der Waals surface area contributed by atoms with Crippen molar-refractivity contribution in [2.45, 2.75) is 0 Å². The van der Waals surface area contributed by atoms with Gasteiger partial charge in [0.15, 0.2) is 5.82 Å². The molecule has 0 spiro atoms. The van der Waals surface area contributed by atoms with Gasteiger partial charge in [-0.2, -0.15) is 0 Å². The Morgan fingerprint density at radius 1 is 0.482 bits per heavy atom. The topological polar surface area (TPSA) is 56.5 Å². The Morgan fingerprint density at radius 2 is 1.21 bits per heavy atom. The highest BCUT2D eigenvalue weighted by molar-refractivity contribution is 7.26. The maximum Gasteiger partial charge on any atom is 0.162 e. The first-order valence-electron chi connectivity index (χ1n) is 18.7. The SMILES string of the molecule is c1ccc(-n2c3ccccc3c3ccc(-c4ccc(-c5nc(-c6cccc7ccccc67)c6ccc7sc8c9ccccc9ccc8c7c6n5)cn4)cc32)nc1. The minimum atomic E-state index is 0.651. The first-order chi connectivity index (χ1) is 27.8. The molecule has 12 rings (SSSR count). The maximum absolute atomic E-state index is 5.40. The predicted molar refractivity (Wildman–Crippen MR) is 234 cm³/mol. The van der Waals surface area contributed by atoms with Crippen molar-refractivity contribution >= 4 is 85.8 Å². The van der Waals surface area contributed by atoms with E-state index in [0.717, 1.165) is 61.2 Å². The minimum Gasteiger partial charge on any atom is -0.294 e. The number of rotatable bonds is 4. The molecule has 0 atom stereocenters. The van der Waals surface area contributed by atoms with E-state index in [4.69, 9.17) is 19.9 Å². The van der Waals surface area contributed by atoms with Crippen LogP contribution in [0, 0.1) is 0 Å². The molecule has 0 unspecified atom stereocenters. The van der Waals surface area contributed by atoms with Gasteiger partial charge in [-0.15, -0.1) is 11.3 Å². The lowest BCUT2D eigenvalue weighted by atomic mass is 9.97. The van der Waals surface area contributed by atoms with E-state index in [1.54, 1.807) is 0 Å². The molecule has 56 heavy (non-hydrogen) atoms. The number of thiophene rings is 1. The second-order valence-electron chi connectivity index (χ2n) is 14.2. The van der Waals surface area contributed by atoms with E-state index in [1.807, 2.05) is 35.9 Å². The fourth-order valence-corrected chi connectivity index (χ4v) is 9.75. The zero-order valence-corrected chi connectivity index (χ0v) is 30.7. The smallest absolute Gasteiger partial charge is 0.162 e. The third-order valence-corrected chi connectivity index (χ3v) is 12.3. The Labute approximate surface area is 324 Å². The Hall–Kier alpha value is -7.28. The number of aromatic nitrogens is 5. The van der Waals surface area contributed by atoms with Gasteiger partial charge in [0.2, 0.25) is 0 Å². The second-order valence-corrected chi connectivity index (χ2v) is 15.3. The van der Waals surface area contributed by atoms with Crippen LogP contribution in [0.5, 0.6) is 0 Å². The molecule has 5 aromatic heterocycles. The zero-order valence-electron chi connectivity index (χ0n) is 29.9. The zero-order chi connectivity index (χ0) is 36.7. The molecule has 260 valence electrons. The summed E-state index contributed by atoms with van der Waals surface area (Å²) in [6.07, 6.45) is 3.76. The molecular weight excluding hydrogens is 703 g/mol. The Balaban J connectivity index is 1.06. The monoisotopic (exact) mass is 731 g/mol. The lowest BCUT2D eigenvalue weighted by Gasteiger charge is -2.13. The Kier molecular flexibility index (Phi) is 6.73. The number of hydrogen-bond donors (Lipinski definition) is 0. The molecule has 6 heteroatoms. The Morgan fingerprint density at radius 3 is 2.07 bits per heavy atom. The molecule has 0 radical (unpaired) electrons. The van der Waals surface area contributed by atoms with Crippen molar-refractivity contribution in [1.29, 1.82) is 0 Å². The van der Waals surface area contributed by atoms with Crippen LogP contribution in [-0.2, 0) is 0 Å². The fourth-order valence-electron chi connectivity index (χ4n) is 8.51. The number of benzene rings is 7. The highest BCUT2D eigenvalue weighted by Gasteiger charge is 2.20. The lowest BCUT2D eigenvalue weighted by Crippen LogP contribution is -1.97. The van der Waals surface area contributed by atoms with E-state index in [1.165, 1.54) is 47.1 Å². The van der Waals surface area contributed by atoms with E-state index in [9.17, 15) is 0 Å². The molecule has 0 saturated carbocycles. The fraction of sp³-hybridized carbons (Fsp3) is 0. The molecule has 0 N–H and O–H groups in total. The summed E-state index contributed by atoms with van der Waals surface area (Å²) >= 11 is 1.83. The average molecular weight is 732 g/mol. The van der Waals surface area contributed by atoms with Gasteiger partial charge in [-0.1, -0.05) is 115 Å². The van der Waals surface area contributed by atoms with Crippen LogP contribution < -0.4 is 0 Å². The standard InChI is InChI=1S/C50H29N5S/c1-3-13-34-30(10-1)12-9-16-38(34)47-40-24-26-44-46(39-23-19-31-11-2-4-14-35(31)49(39)56-44)48(40)54-50(53-47)33-21-25-41(52-29-33)32-20-22-37-36-15-5-6-17-42(36)55(43(37)28-32)45-18-7-8-27-51-45/h1-29H. The highest BCUT2D eigenvalue weighted by Crippen LogP contribution is 2.44. The van der Waals surface area contributed by atoms with Gasteiger partial charge < -0.3 is 0 Å². The third kappa shape index (κ3) is 4.66. The molecule has 5 nitrogen and oxygen atoms in total. The van der Waals surface area contributed by atoms with Crippen molar-refractivity contribution < 1.29 is 0 Å². The summed E-state index contributed by atoms with van der Waals surface area (Å²) in [5, 5.41) is 10.6. The van der Waals surface area contributed by atoms with Gasteiger partial charge in [-0.05, 0) is 70.1 Å². The molecule has 0 bridgehead atoms. The van der Waals surface area contributed by atoms with Crippen molar-refractivity contribution in [3.8, 4) is 39.7 Å². The van der Waals surface area contributed by atoms with E-state index in [-0.39, 0.29) is 0 Å². The van der Waals surface area contributed by atoms with Gasteiger partial charge in [0, 0.05) is 65.4 Å². The van der Waals surface area contributed by atoms with Crippen LogP contribution in [0.25, 0.3) is 114 Å². The summed E-state index contributed by atoms with van der Waals surface area (Å²) in [6, 6.07) is 57.9. The van der Waals surface area contributed by atoms with Crippen LogP contribution in [0.2, 0.25) is 0 Å². The molecule has 0 fully saturated rings. The van der Waals surface area contributed by atoms with Gasteiger partial charge in [-0.3, -0.25) is 9.55 Å². The van der Waals surface area contributed by atoms with E-state index in [0.29, 0.717) is 5.82 Å². The van der Waals surface area contributed by atoms with Crippen LogP contribution >= 0.6 is 11.3 Å². The molecule has 0 aliphatic heterocycles. The summed E-state index contributed by atoms with van der Waals surface area (Å²) in [4.78, 5) is 20.5. The molecule has 0 aliphatic carbocycles. The summed E-state index contributed by atoms with van der Waals surface area (Å²) in [6.45, 7) is 0. The average Bonchev–Trinajstić information content (AvgIpc) is 3.82. The summed E-state index contributed by atoms with van der Waals surface area (Å²) in [5.41, 5.74) is 7.93. The molecule has 5 heterocycles. The van der Waals surface area contributed by atoms with Crippen LogP contribution in [0.3, 0.4) is 0 Å². The van der Waals surface area contributed by atoms with Gasteiger partial charge in [0.25, 0.3) is 0 Å². The number of hydrogen-bond acceptors (Lipinski definition) is 5. The van der Waals surface area contributed by atoms with E-state index < -0.39 is 0 Å². The first-order valence-corrected chi connectivity index (χ1v) is 19.5. The Bertz CT molecular complexity index is 3530. The van der Waals surface area contributed by atoms with Gasteiger partial charge in [0.1, 0.15) is 5.82 Å². The predicted octanol–water partition coefficient (Wildman–Crippen LogP) is 13.2. The quantitative estimate of drug-likeness (QED) is 0.181. The van der Waals surface area contributed by atoms with Crippen LogP contribution in [-0.4, -0.2) is 24.5 Å². The molecule has 0 amide bonds. The van der Waals surface area contributed by atoms with Crippen molar-refractivity contribution in [2.75, 3.05) is 0 Å². The number of pyridine rings is 2. The van der Waals surface area contributed by atoms with Gasteiger partial charge in [0.05, 0.1) is 27.9 Å². The largest absolute Gasteiger partial charge is 0.294 e. The molecule has 0 saturated heterocycles. The number of nitrogens with zero attached hydrogens (tertiary/aromatic N) is 5. The van der Waals surface area contributed by atoms with Gasteiger partial charge in [-0.25, -0.2) is 15.0 Å². The second kappa shape index (κ2) is 12.1.